The molecule has 0 heterocycles. The minimum Gasteiger partial charge on any atom is -0.480 e. The van der Waals surface area contributed by atoms with E-state index in [4.69, 9.17) is 5.11 Å². The molecular formula is C14H15F2NO4. The molecule has 0 aromatic heterocycles. The van der Waals surface area contributed by atoms with Crippen molar-refractivity contribution in [2.75, 3.05) is 0 Å². The molecule has 1 rings (SSSR count). The van der Waals surface area contributed by atoms with E-state index in [9.17, 15) is 23.2 Å². The van der Waals surface area contributed by atoms with Gasteiger partial charge in [-0.1, -0.05) is 13.0 Å². The third-order valence-corrected chi connectivity index (χ3v) is 2.91. The van der Waals surface area contributed by atoms with Gasteiger partial charge in [0.05, 0.1) is 5.56 Å². The van der Waals surface area contributed by atoms with Crippen molar-refractivity contribution in [3.63, 3.8) is 0 Å². The second-order valence-electron chi connectivity index (χ2n) is 4.40. The standard InChI is InChI=1S/C14H15F2NO4/c1-2-8(18)6-7-11(14(20)21)17-13(19)9-4-3-5-10(15)12(9)16/h3-5,11H,2,6-7H2,1H3,(H,17,19)(H,20,21)/t11-/m0/s1. The molecule has 1 atom stereocenters. The summed E-state index contributed by atoms with van der Waals surface area (Å²) in [5, 5.41) is 11.1. The zero-order valence-corrected chi connectivity index (χ0v) is 11.4. The van der Waals surface area contributed by atoms with E-state index in [2.05, 4.69) is 5.32 Å². The molecule has 0 aliphatic rings. The third kappa shape index (κ3) is 4.62. The molecule has 0 saturated carbocycles. The number of hydrogen-bond acceptors (Lipinski definition) is 3. The smallest absolute Gasteiger partial charge is 0.326 e. The van der Waals surface area contributed by atoms with Gasteiger partial charge in [0, 0.05) is 12.8 Å². The first-order valence-electron chi connectivity index (χ1n) is 6.36. The van der Waals surface area contributed by atoms with Crippen molar-refractivity contribution in [2.24, 2.45) is 0 Å². The highest BCUT2D eigenvalue weighted by molar-refractivity contribution is 5.96. The summed E-state index contributed by atoms with van der Waals surface area (Å²) in [6.07, 6.45) is 0.142. The minimum absolute atomic E-state index is 0.0145. The van der Waals surface area contributed by atoms with Crippen LogP contribution in [0.4, 0.5) is 8.78 Å². The number of carbonyl (C=O) groups excluding carboxylic acids is 2. The van der Waals surface area contributed by atoms with E-state index in [0.29, 0.717) is 0 Å². The summed E-state index contributed by atoms with van der Waals surface area (Å²) in [5.74, 6) is -5.07. The van der Waals surface area contributed by atoms with E-state index in [1.54, 1.807) is 6.92 Å². The lowest BCUT2D eigenvalue weighted by Gasteiger charge is -2.14. The second kappa shape index (κ2) is 7.47. The normalized spacial score (nSPS) is 11.8. The molecular weight excluding hydrogens is 284 g/mol. The predicted octanol–water partition coefficient (Wildman–Crippen LogP) is 1.91. The molecule has 0 unspecified atom stereocenters. The summed E-state index contributed by atoms with van der Waals surface area (Å²) >= 11 is 0. The highest BCUT2D eigenvalue weighted by Crippen LogP contribution is 2.12. The van der Waals surface area contributed by atoms with Crippen LogP contribution < -0.4 is 5.32 Å². The summed E-state index contributed by atoms with van der Waals surface area (Å²) in [4.78, 5) is 34.0. The van der Waals surface area contributed by atoms with E-state index < -0.39 is 35.1 Å². The number of nitrogens with one attached hydrogen (secondary N) is 1. The molecule has 0 spiro atoms. The fraction of sp³-hybridized carbons (Fsp3) is 0.357. The molecule has 2 N–H and O–H groups in total. The van der Waals surface area contributed by atoms with Crippen LogP contribution in [0.1, 0.15) is 36.5 Å². The monoisotopic (exact) mass is 299 g/mol. The predicted molar refractivity (Wildman–Crippen MR) is 69.8 cm³/mol. The van der Waals surface area contributed by atoms with Crippen LogP contribution in [-0.2, 0) is 9.59 Å². The van der Waals surface area contributed by atoms with Gasteiger partial charge >= 0.3 is 5.97 Å². The molecule has 0 saturated heterocycles. The maximum atomic E-state index is 13.4. The number of carboxylic acid groups (broad SMARTS) is 1. The third-order valence-electron chi connectivity index (χ3n) is 2.91. The zero-order chi connectivity index (χ0) is 16.0. The van der Waals surface area contributed by atoms with Crippen LogP contribution in [0.5, 0.6) is 0 Å². The number of carbonyl (C=O) groups is 3. The number of hydrogen-bond donors (Lipinski definition) is 2. The summed E-state index contributed by atoms with van der Waals surface area (Å²) in [6.45, 7) is 1.64. The molecule has 0 aliphatic carbocycles. The Kier molecular flexibility index (Phi) is 5.95. The number of ketones is 1. The molecule has 0 aliphatic heterocycles. The maximum Gasteiger partial charge on any atom is 0.326 e. The van der Waals surface area contributed by atoms with Crippen LogP contribution in [0.3, 0.4) is 0 Å². The number of rotatable bonds is 7. The van der Waals surface area contributed by atoms with Crippen LogP contribution in [-0.4, -0.2) is 28.8 Å². The molecule has 114 valence electrons. The van der Waals surface area contributed by atoms with Crippen LogP contribution >= 0.6 is 0 Å². The topological polar surface area (TPSA) is 83.5 Å². The van der Waals surface area contributed by atoms with Gasteiger partial charge in [-0.3, -0.25) is 9.59 Å². The number of aliphatic carboxylic acids is 1. The van der Waals surface area contributed by atoms with E-state index in [1.807, 2.05) is 0 Å². The van der Waals surface area contributed by atoms with Gasteiger partial charge in [-0.05, 0) is 18.6 Å². The maximum absolute atomic E-state index is 13.4. The number of carboxylic acids is 1. The molecule has 7 heteroatoms. The number of benzene rings is 1. The lowest BCUT2D eigenvalue weighted by molar-refractivity contribution is -0.139. The summed E-state index contributed by atoms with van der Waals surface area (Å²) in [7, 11) is 0. The van der Waals surface area contributed by atoms with E-state index in [-0.39, 0.29) is 25.0 Å². The van der Waals surface area contributed by atoms with Crippen LogP contribution in [0.15, 0.2) is 18.2 Å². The van der Waals surface area contributed by atoms with Crippen molar-refractivity contribution in [3.8, 4) is 0 Å². The van der Waals surface area contributed by atoms with Gasteiger partial charge in [0.15, 0.2) is 11.6 Å². The van der Waals surface area contributed by atoms with Gasteiger partial charge in [0.1, 0.15) is 11.8 Å². The Morgan fingerprint density at radius 3 is 2.52 bits per heavy atom. The Morgan fingerprint density at radius 2 is 1.95 bits per heavy atom. The lowest BCUT2D eigenvalue weighted by Crippen LogP contribution is -2.41. The molecule has 0 radical (unpaired) electrons. The highest BCUT2D eigenvalue weighted by atomic mass is 19.2. The Labute approximate surface area is 120 Å². The summed E-state index contributed by atoms with van der Waals surface area (Å²) < 4.78 is 26.5. The average molecular weight is 299 g/mol. The van der Waals surface area contributed by atoms with Crippen molar-refractivity contribution in [2.45, 2.75) is 32.2 Å². The van der Waals surface area contributed by atoms with E-state index >= 15 is 0 Å². The Morgan fingerprint density at radius 1 is 1.29 bits per heavy atom. The van der Waals surface area contributed by atoms with Crippen molar-refractivity contribution >= 4 is 17.7 Å². The van der Waals surface area contributed by atoms with E-state index in [0.717, 1.165) is 18.2 Å². The van der Waals surface area contributed by atoms with Gasteiger partial charge in [0.2, 0.25) is 0 Å². The Bertz CT molecular complexity index is 560. The molecule has 1 aromatic rings. The Balaban J connectivity index is 2.79. The van der Waals surface area contributed by atoms with Crippen LogP contribution in [0, 0.1) is 11.6 Å². The molecule has 1 aromatic carbocycles. The van der Waals surface area contributed by atoms with Gasteiger partial charge in [0.25, 0.3) is 5.91 Å². The first-order chi connectivity index (χ1) is 9.86. The molecule has 0 bridgehead atoms. The zero-order valence-electron chi connectivity index (χ0n) is 11.4. The summed E-state index contributed by atoms with van der Waals surface area (Å²) in [5.41, 5.74) is -0.580. The number of Topliss-reactive ketones (excluding diaryl/α,β-unsaturated/α-hetero) is 1. The first-order valence-corrected chi connectivity index (χ1v) is 6.36. The van der Waals surface area contributed by atoms with Gasteiger partial charge in [-0.2, -0.15) is 0 Å². The first kappa shape index (κ1) is 16.7. The fourth-order valence-electron chi connectivity index (χ4n) is 1.65. The Hall–Kier alpha value is -2.31. The quantitative estimate of drug-likeness (QED) is 0.805. The van der Waals surface area contributed by atoms with Crippen LogP contribution in [0.25, 0.3) is 0 Å². The van der Waals surface area contributed by atoms with Gasteiger partial charge in [-0.25, -0.2) is 13.6 Å². The second-order valence-corrected chi connectivity index (χ2v) is 4.40. The number of amides is 1. The highest BCUT2D eigenvalue weighted by Gasteiger charge is 2.23. The van der Waals surface area contributed by atoms with E-state index in [1.165, 1.54) is 0 Å². The molecule has 1 amide bonds. The lowest BCUT2D eigenvalue weighted by atomic mass is 10.1. The average Bonchev–Trinajstić information content (AvgIpc) is 2.45. The SMILES string of the molecule is CCC(=O)CC[C@H](NC(=O)c1cccc(F)c1F)C(=O)O. The van der Waals surface area contributed by atoms with Crippen molar-refractivity contribution in [3.05, 3.63) is 35.4 Å². The van der Waals surface area contributed by atoms with Gasteiger partial charge in [-0.15, -0.1) is 0 Å². The van der Waals surface area contributed by atoms with Crippen molar-refractivity contribution in [1.82, 2.24) is 5.32 Å². The van der Waals surface area contributed by atoms with Gasteiger partial charge < -0.3 is 10.4 Å². The molecule has 21 heavy (non-hydrogen) atoms. The molecule has 5 nitrogen and oxygen atoms in total. The van der Waals surface area contributed by atoms with Crippen molar-refractivity contribution < 1.29 is 28.3 Å². The minimum atomic E-state index is -1.34. The largest absolute Gasteiger partial charge is 0.480 e. The van der Waals surface area contributed by atoms with Crippen LogP contribution in [0.2, 0.25) is 0 Å². The van der Waals surface area contributed by atoms with Crippen molar-refractivity contribution in [1.29, 1.82) is 0 Å². The summed E-state index contributed by atoms with van der Waals surface area (Å²) in [6, 6.07) is 1.70. The fourth-order valence-corrected chi connectivity index (χ4v) is 1.65. The molecule has 0 fully saturated rings. The number of halogens is 2.